The lowest BCUT2D eigenvalue weighted by atomic mass is 9.91. The van der Waals surface area contributed by atoms with Crippen LogP contribution >= 0.6 is 0 Å². The number of aromatic nitrogens is 3. The van der Waals surface area contributed by atoms with Gasteiger partial charge < -0.3 is 4.90 Å². The zero-order valence-corrected chi connectivity index (χ0v) is 19.7. The number of benzene rings is 1. The van der Waals surface area contributed by atoms with Crippen LogP contribution < -0.4 is 0 Å². The van der Waals surface area contributed by atoms with E-state index >= 15 is 0 Å². The van der Waals surface area contributed by atoms with E-state index < -0.39 is 0 Å². The molecular formula is C27H33N5O. The van der Waals surface area contributed by atoms with Crippen molar-refractivity contribution in [3.05, 3.63) is 78.1 Å². The minimum absolute atomic E-state index is 0.0853. The maximum absolute atomic E-state index is 13.5. The zero-order valence-electron chi connectivity index (χ0n) is 19.7. The van der Waals surface area contributed by atoms with E-state index in [0.29, 0.717) is 0 Å². The van der Waals surface area contributed by atoms with Crippen LogP contribution in [0.4, 0.5) is 0 Å². The molecule has 1 saturated heterocycles. The third-order valence-corrected chi connectivity index (χ3v) is 6.28. The van der Waals surface area contributed by atoms with E-state index in [0.717, 1.165) is 68.9 Å². The van der Waals surface area contributed by atoms with Gasteiger partial charge >= 0.3 is 0 Å². The van der Waals surface area contributed by atoms with E-state index in [2.05, 4.69) is 62.9 Å². The van der Waals surface area contributed by atoms with Crippen LogP contribution in [-0.2, 0) is 24.2 Å². The van der Waals surface area contributed by atoms with Crippen LogP contribution in [0.2, 0.25) is 0 Å². The predicted molar refractivity (Wildman–Crippen MR) is 130 cm³/mol. The van der Waals surface area contributed by atoms with E-state index in [-0.39, 0.29) is 11.8 Å². The number of carbonyl (C=O) groups is 1. The molecule has 172 valence electrons. The number of rotatable bonds is 8. The Labute approximate surface area is 196 Å². The van der Waals surface area contributed by atoms with Gasteiger partial charge in [0.2, 0.25) is 5.91 Å². The highest BCUT2D eigenvalue weighted by atomic mass is 16.2. The molecule has 1 atom stereocenters. The molecule has 0 bridgehead atoms. The second-order valence-electron chi connectivity index (χ2n) is 8.72. The lowest BCUT2D eigenvalue weighted by molar-refractivity contribution is -0.134. The van der Waals surface area contributed by atoms with Crippen LogP contribution in [0.15, 0.2) is 61.2 Å². The third-order valence-electron chi connectivity index (χ3n) is 6.28. The maximum Gasteiger partial charge on any atom is 0.227 e. The number of hydrogen-bond acceptors (Lipinski definition) is 5. The Bertz CT molecular complexity index is 1040. The van der Waals surface area contributed by atoms with Crippen molar-refractivity contribution < 1.29 is 4.79 Å². The van der Waals surface area contributed by atoms with Crippen LogP contribution in [0.1, 0.15) is 37.2 Å². The summed E-state index contributed by atoms with van der Waals surface area (Å²) in [4.78, 5) is 31.0. The van der Waals surface area contributed by atoms with E-state index in [1.807, 2.05) is 36.9 Å². The molecule has 1 unspecified atom stereocenters. The summed E-state index contributed by atoms with van der Waals surface area (Å²) >= 11 is 0. The first-order valence-electron chi connectivity index (χ1n) is 12.0. The highest BCUT2D eigenvalue weighted by molar-refractivity contribution is 5.80. The second kappa shape index (κ2) is 11.1. The fourth-order valence-electron chi connectivity index (χ4n) is 4.58. The molecule has 33 heavy (non-hydrogen) atoms. The largest absolute Gasteiger partial charge is 0.341 e. The molecule has 6 nitrogen and oxygen atoms in total. The van der Waals surface area contributed by atoms with Crippen LogP contribution in [-0.4, -0.2) is 56.8 Å². The molecule has 2 aromatic heterocycles. The Kier molecular flexibility index (Phi) is 7.79. The summed E-state index contributed by atoms with van der Waals surface area (Å²) in [7, 11) is 0. The third kappa shape index (κ3) is 5.82. The van der Waals surface area contributed by atoms with E-state index in [1.54, 1.807) is 0 Å². The minimum atomic E-state index is -0.0853. The van der Waals surface area contributed by atoms with Gasteiger partial charge in [-0.15, -0.1) is 0 Å². The molecule has 0 saturated carbocycles. The minimum Gasteiger partial charge on any atom is -0.341 e. The number of carbonyl (C=O) groups excluding carboxylic acids is 1. The maximum atomic E-state index is 13.5. The van der Waals surface area contributed by atoms with Crippen molar-refractivity contribution >= 4 is 5.91 Å². The summed E-state index contributed by atoms with van der Waals surface area (Å²) in [5, 5.41) is 0. The molecule has 3 aromatic rings. The Morgan fingerprint density at radius 2 is 1.76 bits per heavy atom. The molecule has 3 heterocycles. The lowest BCUT2D eigenvalue weighted by Gasteiger charge is -2.24. The molecule has 1 fully saturated rings. The molecule has 0 N–H and O–H groups in total. The second-order valence-corrected chi connectivity index (χ2v) is 8.72. The lowest BCUT2D eigenvalue weighted by Crippen LogP contribution is -2.37. The molecule has 6 heteroatoms. The van der Waals surface area contributed by atoms with Gasteiger partial charge in [-0.3, -0.25) is 14.7 Å². The molecule has 1 aliphatic heterocycles. The van der Waals surface area contributed by atoms with E-state index in [1.165, 1.54) is 11.1 Å². The Morgan fingerprint density at radius 3 is 2.48 bits per heavy atom. The summed E-state index contributed by atoms with van der Waals surface area (Å²) in [6, 6.07) is 12.5. The number of pyridine rings is 1. The zero-order chi connectivity index (χ0) is 23.0. The van der Waals surface area contributed by atoms with Crippen molar-refractivity contribution in [3.8, 4) is 11.1 Å². The highest BCUT2D eigenvalue weighted by Gasteiger charge is 2.30. The Balaban J connectivity index is 1.57. The van der Waals surface area contributed by atoms with Gasteiger partial charge in [0.25, 0.3) is 0 Å². The Hall–Kier alpha value is -3.12. The summed E-state index contributed by atoms with van der Waals surface area (Å²) in [6.45, 7) is 8.14. The van der Waals surface area contributed by atoms with Crippen molar-refractivity contribution in [2.75, 3.05) is 26.2 Å². The molecule has 4 rings (SSSR count). The molecular weight excluding hydrogens is 410 g/mol. The van der Waals surface area contributed by atoms with Crippen molar-refractivity contribution in [2.45, 2.75) is 39.7 Å². The van der Waals surface area contributed by atoms with Crippen LogP contribution in [0.25, 0.3) is 11.1 Å². The van der Waals surface area contributed by atoms with Gasteiger partial charge in [0.05, 0.1) is 5.92 Å². The van der Waals surface area contributed by atoms with Gasteiger partial charge in [-0.25, -0.2) is 9.97 Å². The molecule has 0 radical (unpaired) electrons. The first-order chi connectivity index (χ1) is 16.2. The van der Waals surface area contributed by atoms with Crippen molar-refractivity contribution in [1.82, 2.24) is 24.8 Å². The van der Waals surface area contributed by atoms with Crippen LogP contribution in [0, 0.1) is 5.92 Å². The van der Waals surface area contributed by atoms with Gasteiger partial charge in [-0.05, 0) is 41.7 Å². The summed E-state index contributed by atoms with van der Waals surface area (Å²) in [5.41, 5.74) is 4.61. The van der Waals surface area contributed by atoms with Gasteiger partial charge in [-0.1, -0.05) is 38.1 Å². The van der Waals surface area contributed by atoms with Crippen molar-refractivity contribution in [1.29, 1.82) is 0 Å². The standard InChI is InChI=1S/C27H33N5O/c1-3-13-32-15-14-31(19-21-17-29-26(4-2)30-18-21)20-24(27(32)33)16-23-7-5-6-8-25(23)22-9-11-28-12-10-22/h5-12,17-18,24H,3-4,13-16,19-20H2,1-2H3. The number of nitrogens with zero attached hydrogens (tertiary/aromatic N) is 5. The van der Waals surface area contributed by atoms with Crippen molar-refractivity contribution in [3.63, 3.8) is 0 Å². The fraction of sp³-hybridized carbons (Fsp3) is 0.407. The number of aryl methyl sites for hydroxylation is 1. The molecule has 1 aliphatic rings. The molecule has 1 aromatic carbocycles. The number of amides is 1. The highest BCUT2D eigenvalue weighted by Crippen LogP contribution is 2.27. The van der Waals surface area contributed by atoms with Crippen LogP contribution in [0.3, 0.4) is 0 Å². The van der Waals surface area contributed by atoms with E-state index in [4.69, 9.17) is 0 Å². The number of hydrogen-bond donors (Lipinski definition) is 0. The van der Waals surface area contributed by atoms with E-state index in [9.17, 15) is 4.79 Å². The first kappa shape index (κ1) is 23.1. The van der Waals surface area contributed by atoms with Gasteiger partial charge in [0, 0.05) is 69.5 Å². The molecule has 0 aliphatic carbocycles. The average molecular weight is 444 g/mol. The normalized spacial score (nSPS) is 17.2. The predicted octanol–water partition coefficient (Wildman–Crippen LogP) is 4.01. The fourth-order valence-corrected chi connectivity index (χ4v) is 4.58. The average Bonchev–Trinajstić information content (AvgIpc) is 3.00. The Morgan fingerprint density at radius 1 is 1.00 bits per heavy atom. The summed E-state index contributed by atoms with van der Waals surface area (Å²) < 4.78 is 0. The summed E-state index contributed by atoms with van der Waals surface area (Å²) in [5.74, 6) is 1.05. The van der Waals surface area contributed by atoms with Crippen molar-refractivity contribution in [2.24, 2.45) is 5.92 Å². The monoisotopic (exact) mass is 443 g/mol. The molecule has 0 spiro atoms. The quantitative estimate of drug-likeness (QED) is 0.526. The topological polar surface area (TPSA) is 62.2 Å². The van der Waals surface area contributed by atoms with Gasteiger partial charge in [0.1, 0.15) is 5.82 Å². The SMILES string of the molecule is CCCN1CCN(Cc2cnc(CC)nc2)CC(Cc2ccccc2-c2ccncc2)C1=O. The smallest absolute Gasteiger partial charge is 0.227 e. The van der Waals surface area contributed by atoms with Gasteiger partial charge in [0.15, 0.2) is 0 Å². The van der Waals surface area contributed by atoms with Crippen LogP contribution in [0.5, 0.6) is 0 Å². The van der Waals surface area contributed by atoms with Gasteiger partial charge in [-0.2, -0.15) is 0 Å². The first-order valence-corrected chi connectivity index (χ1v) is 12.0. The molecule has 1 amide bonds. The summed E-state index contributed by atoms with van der Waals surface area (Å²) in [6.07, 6.45) is 10.0.